The Hall–Kier alpha value is -2.91. The molecule has 9 heteroatoms. The van der Waals surface area contributed by atoms with E-state index in [1.165, 1.54) is 12.1 Å². The second-order valence-electron chi connectivity index (χ2n) is 9.81. The van der Waals surface area contributed by atoms with Gasteiger partial charge in [0.15, 0.2) is 0 Å². The highest BCUT2D eigenvalue weighted by atomic mass is 19.4. The average Bonchev–Trinajstić information content (AvgIpc) is 3.40. The maximum atomic E-state index is 13.1. The zero-order valence-corrected chi connectivity index (χ0v) is 20.1. The van der Waals surface area contributed by atoms with Crippen LogP contribution >= 0.6 is 0 Å². The number of imidazole rings is 1. The highest BCUT2D eigenvalue weighted by molar-refractivity contribution is 5.93. The summed E-state index contributed by atoms with van der Waals surface area (Å²) in [5.74, 6) is -0.0286. The number of pyridine rings is 1. The van der Waals surface area contributed by atoms with Crippen LogP contribution in [0.5, 0.6) is 0 Å². The van der Waals surface area contributed by atoms with Gasteiger partial charge in [-0.25, -0.2) is 4.98 Å². The number of amides is 1. The van der Waals surface area contributed by atoms with Gasteiger partial charge in [-0.15, -0.1) is 0 Å². The molecule has 0 spiro atoms. The van der Waals surface area contributed by atoms with Gasteiger partial charge in [-0.2, -0.15) is 13.2 Å². The van der Waals surface area contributed by atoms with Crippen molar-refractivity contribution in [3.8, 4) is 0 Å². The number of aromatic nitrogens is 2. The molecule has 6 nitrogen and oxygen atoms in total. The smallest absolute Gasteiger partial charge is 0.350 e. The Bertz CT molecular complexity index is 1160. The molecule has 1 aliphatic heterocycles. The van der Waals surface area contributed by atoms with E-state index in [4.69, 9.17) is 5.73 Å². The standard InChI is InChI=1S/C26H32F3N5O/c1-17(2)12-19(18-6-8-20(9-7-18)26(27,28)29)13-31-25(35)23-4-3-5-24-32-22(16-34(23)24)15-33-11-10-21(30)14-33/h3-9,16-17,19,21H,10-15,30H2,1-2H3,(H,31,35)/t19?,21-/m1/s1. The van der Waals surface area contributed by atoms with E-state index in [1.807, 2.05) is 12.3 Å². The van der Waals surface area contributed by atoms with Gasteiger partial charge < -0.3 is 11.1 Å². The quantitative estimate of drug-likeness (QED) is 0.493. The summed E-state index contributed by atoms with van der Waals surface area (Å²) in [6.45, 7) is 6.89. The number of nitrogens with two attached hydrogens (primary N) is 1. The van der Waals surface area contributed by atoms with Gasteiger partial charge in [0.05, 0.1) is 11.3 Å². The molecule has 0 saturated carbocycles. The monoisotopic (exact) mass is 487 g/mol. The maximum Gasteiger partial charge on any atom is 0.416 e. The molecule has 1 aromatic carbocycles. The molecule has 0 bridgehead atoms. The van der Waals surface area contributed by atoms with Gasteiger partial charge in [0.25, 0.3) is 5.91 Å². The molecule has 188 valence electrons. The molecular formula is C26H32F3N5O. The molecule has 1 aliphatic rings. The molecule has 1 fully saturated rings. The van der Waals surface area contributed by atoms with Gasteiger partial charge in [0, 0.05) is 44.3 Å². The molecule has 0 radical (unpaired) electrons. The minimum absolute atomic E-state index is 0.0989. The Morgan fingerprint density at radius 3 is 2.57 bits per heavy atom. The first-order valence-corrected chi connectivity index (χ1v) is 12.0. The number of carbonyl (C=O) groups is 1. The second kappa shape index (κ2) is 10.4. The van der Waals surface area contributed by atoms with E-state index in [2.05, 4.69) is 29.0 Å². The van der Waals surface area contributed by atoms with Crippen molar-refractivity contribution in [1.82, 2.24) is 19.6 Å². The number of rotatable bonds is 8. The lowest BCUT2D eigenvalue weighted by Crippen LogP contribution is -2.30. The average molecular weight is 488 g/mol. The van der Waals surface area contributed by atoms with Crippen LogP contribution in [0.4, 0.5) is 13.2 Å². The van der Waals surface area contributed by atoms with Gasteiger partial charge in [0.2, 0.25) is 0 Å². The predicted octanol–water partition coefficient (Wildman–Crippen LogP) is 4.45. The zero-order valence-electron chi connectivity index (χ0n) is 20.1. The Morgan fingerprint density at radius 2 is 1.94 bits per heavy atom. The Kier molecular flexibility index (Phi) is 7.47. The number of halogens is 3. The summed E-state index contributed by atoms with van der Waals surface area (Å²) in [5.41, 5.74) is 8.14. The summed E-state index contributed by atoms with van der Waals surface area (Å²) in [4.78, 5) is 20.0. The van der Waals surface area contributed by atoms with Crippen LogP contribution in [0.3, 0.4) is 0 Å². The fourth-order valence-corrected chi connectivity index (χ4v) is 4.71. The number of nitrogens with one attached hydrogen (secondary N) is 1. The third-order valence-electron chi connectivity index (χ3n) is 6.44. The highest BCUT2D eigenvalue weighted by Gasteiger charge is 2.30. The molecule has 1 saturated heterocycles. The minimum Gasteiger partial charge on any atom is -0.350 e. The first-order chi connectivity index (χ1) is 16.6. The molecule has 1 amide bonds. The Labute approximate surface area is 203 Å². The summed E-state index contributed by atoms with van der Waals surface area (Å²) < 4.78 is 40.7. The molecule has 1 unspecified atom stereocenters. The SMILES string of the molecule is CC(C)CC(CNC(=O)c1cccc2nc(CN3CC[C@@H](N)C3)cn12)c1ccc(C(F)(F)F)cc1. The lowest BCUT2D eigenvalue weighted by atomic mass is 9.89. The van der Waals surface area contributed by atoms with Crippen LogP contribution in [0.25, 0.3) is 5.65 Å². The lowest BCUT2D eigenvalue weighted by Gasteiger charge is -2.21. The first kappa shape index (κ1) is 25.2. The summed E-state index contributed by atoms with van der Waals surface area (Å²) in [5, 5.41) is 2.99. The summed E-state index contributed by atoms with van der Waals surface area (Å²) in [7, 11) is 0. The van der Waals surface area contributed by atoms with Crippen LogP contribution < -0.4 is 11.1 Å². The highest BCUT2D eigenvalue weighted by Crippen LogP contribution is 2.31. The first-order valence-electron chi connectivity index (χ1n) is 12.0. The van der Waals surface area contributed by atoms with E-state index in [1.54, 1.807) is 16.5 Å². The molecule has 0 aliphatic carbocycles. The number of fused-ring (bicyclic) bond motifs is 1. The number of benzene rings is 1. The number of hydrogen-bond donors (Lipinski definition) is 2. The van der Waals surface area contributed by atoms with Crippen LogP contribution in [-0.2, 0) is 12.7 Å². The van der Waals surface area contributed by atoms with E-state index in [-0.39, 0.29) is 17.9 Å². The molecule has 3 heterocycles. The van der Waals surface area contributed by atoms with E-state index >= 15 is 0 Å². The van der Waals surface area contributed by atoms with Crippen LogP contribution in [0.2, 0.25) is 0 Å². The molecule has 4 rings (SSSR count). The third-order valence-corrected chi connectivity index (χ3v) is 6.44. The lowest BCUT2D eigenvalue weighted by molar-refractivity contribution is -0.137. The van der Waals surface area contributed by atoms with Crippen LogP contribution in [0, 0.1) is 5.92 Å². The molecule has 3 N–H and O–H groups in total. The Balaban J connectivity index is 1.47. The molecule has 2 atom stereocenters. The van der Waals surface area contributed by atoms with E-state index in [0.717, 1.165) is 49.3 Å². The van der Waals surface area contributed by atoms with Crippen molar-refractivity contribution in [2.24, 2.45) is 11.7 Å². The molecular weight excluding hydrogens is 455 g/mol. The fraction of sp³-hybridized carbons (Fsp3) is 0.462. The minimum atomic E-state index is -4.37. The van der Waals surface area contributed by atoms with Gasteiger partial charge in [-0.1, -0.05) is 32.0 Å². The number of alkyl halides is 3. The van der Waals surface area contributed by atoms with Crippen molar-refractivity contribution in [3.05, 3.63) is 71.2 Å². The van der Waals surface area contributed by atoms with Gasteiger partial charge >= 0.3 is 6.18 Å². The number of likely N-dealkylation sites (tertiary alicyclic amines) is 1. The van der Waals surface area contributed by atoms with Crippen LogP contribution in [-0.4, -0.2) is 45.9 Å². The van der Waals surface area contributed by atoms with Crippen LogP contribution in [0.1, 0.15) is 59.9 Å². The summed E-state index contributed by atoms with van der Waals surface area (Å²) in [6.07, 6.45) is -0.778. The van der Waals surface area contributed by atoms with E-state index in [0.29, 0.717) is 30.3 Å². The van der Waals surface area contributed by atoms with Gasteiger partial charge in [-0.3, -0.25) is 14.1 Å². The number of carbonyl (C=O) groups excluding carboxylic acids is 1. The van der Waals surface area contributed by atoms with Crippen molar-refractivity contribution in [2.75, 3.05) is 19.6 Å². The van der Waals surface area contributed by atoms with Crippen molar-refractivity contribution in [3.63, 3.8) is 0 Å². The van der Waals surface area contributed by atoms with E-state index < -0.39 is 11.7 Å². The van der Waals surface area contributed by atoms with E-state index in [9.17, 15) is 18.0 Å². The largest absolute Gasteiger partial charge is 0.416 e. The van der Waals surface area contributed by atoms with Crippen molar-refractivity contribution >= 4 is 11.6 Å². The Morgan fingerprint density at radius 1 is 1.20 bits per heavy atom. The maximum absolute atomic E-state index is 13.1. The fourth-order valence-electron chi connectivity index (χ4n) is 4.71. The molecule has 3 aromatic rings. The number of hydrogen-bond acceptors (Lipinski definition) is 4. The van der Waals surface area contributed by atoms with Crippen LogP contribution in [0.15, 0.2) is 48.7 Å². The zero-order chi connectivity index (χ0) is 25.2. The predicted molar refractivity (Wildman–Crippen MR) is 129 cm³/mol. The molecule has 2 aromatic heterocycles. The van der Waals surface area contributed by atoms with Crippen molar-refractivity contribution < 1.29 is 18.0 Å². The summed E-state index contributed by atoms with van der Waals surface area (Å²) >= 11 is 0. The van der Waals surface area contributed by atoms with Gasteiger partial charge in [-0.05, 0) is 48.6 Å². The van der Waals surface area contributed by atoms with Crippen molar-refractivity contribution in [2.45, 2.75) is 51.4 Å². The summed E-state index contributed by atoms with van der Waals surface area (Å²) in [6, 6.07) is 10.8. The molecule has 35 heavy (non-hydrogen) atoms. The second-order valence-corrected chi connectivity index (χ2v) is 9.81. The van der Waals surface area contributed by atoms with Gasteiger partial charge in [0.1, 0.15) is 11.3 Å². The topological polar surface area (TPSA) is 75.7 Å². The van der Waals surface area contributed by atoms with Crippen molar-refractivity contribution in [1.29, 1.82) is 0 Å². The number of nitrogens with zero attached hydrogens (tertiary/aromatic N) is 3. The normalized spacial score (nSPS) is 17.9. The third kappa shape index (κ3) is 6.21.